The van der Waals surface area contributed by atoms with Crippen LogP contribution < -0.4 is 0 Å². The van der Waals surface area contributed by atoms with Gasteiger partial charge < -0.3 is 18.9 Å². The molecule has 12 heteroatoms. The second kappa shape index (κ2) is 12.1. The number of aryl methyl sites for hydroxylation is 2. The maximum atomic E-state index is 13.4. The summed E-state index contributed by atoms with van der Waals surface area (Å²) in [5.41, 5.74) is 2.59. The van der Waals surface area contributed by atoms with Gasteiger partial charge in [-0.15, -0.1) is 0 Å². The van der Waals surface area contributed by atoms with E-state index >= 15 is 0 Å². The largest absolute Gasteiger partial charge is 0.368 e. The lowest BCUT2D eigenvalue weighted by Gasteiger charge is -2.30. The first kappa shape index (κ1) is 30.8. The molecule has 0 saturated carbocycles. The summed E-state index contributed by atoms with van der Waals surface area (Å²) in [5.74, 6) is -0.982. The predicted molar refractivity (Wildman–Crippen MR) is 151 cm³/mol. The molecule has 0 bridgehead atoms. The summed E-state index contributed by atoms with van der Waals surface area (Å²) in [6.45, 7) is 6.58. The lowest BCUT2D eigenvalue weighted by atomic mass is 10.1. The van der Waals surface area contributed by atoms with Crippen LogP contribution in [0, 0.1) is 13.8 Å². The Hall–Kier alpha value is -2.68. The highest BCUT2D eigenvalue weighted by atomic mass is 32.2. The summed E-state index contributed by atoms with van der Waals surface area (Å²) in [5, 5.41) is 0. The summed E-state index contributed by atoms with van der Waals surface area (Å²) in [4.78, 5) is -0.184. The van der Waals surface area contributed by atoms with Gasteiger partial charge in [0.2, 0.25) is 0 Å². The first-order valence-corrected chi connectivity index (χ1v) is 16.3. The van der Waals surface area contributed by atoms with Gasteiger partial charge in [-0.2, -0.15) is 16.8 Å². The smallest absolute Gasteiger partial charge is 0.297 e. The molecule has 2 heterocycles. The molecule has 2 fully saturated rings. The highest BCUT2D eigenvalue weighted by molar-refractivity contribution is 7.87. The van der Waals surface area contributed by atoms with Crippen molar-refractivity contribution in [3.63, 3.8) is 0 Å². The maximum absolute atomic E-state index is 13.4. The van der Waals surface area contributed by atoms with E-state index in [9.17, 15) is 16.8 Å². The van der Waals surface area contributed by atoms with Gasteiger partial charge in [0.05, 0.1) is 23.0 Å². The van der Waals surface area contributed by atoms with Crippen LogP contribution in [0.15, 0.2) is 88.7 Å². The van der Waals surface area contributed by atoms with E-state index in [2.05, 4.69) is 0 Å². The monoisotopic (exact) mass is 618 g/mol. The van der Waals surface area contributed by atoms with Gasteiger partial charge >= 0.3 is 0 Å². The van der Waals surface area contributed by atoms with Crippen molar-refractivity contribution in [1.82, 2.24) is 0 Å². The summed E-state index contributed by atoms with van der Waals surface area (Å²) >= 11 is 0. The Bertz CT molecular complexity index is 1570. The van der Waals surface area contributed by atoms with Crippen LogP contribution in [0.3, 0.4) is 0 Å². The van der Waals surface area contributed by atoms with E-state index in [0.717, 1.165) is 16.7 Å². The van der Waals surface area contributed by atoms with Crippen LogP contribution in [0.25, 0.3) is 0 Å². The zero-order chi connectivity index (χ0) is 30.1. The fourth-order valence-electron chi connectivity index (χ4n) is 4.79. The second-order valence-corrected chi connectivity index (χ2v) is 14.0. The van der Waals surface area contributed by atoms with E-state index in [1.54, 1.807) is 38.1 Å². The molecule has 5 rings (SSSR count). The molecule has 5 atom stereocenters. The van der Waals surface area contributed by atoms with Gasteiger partial charge in [0.15, 0.2) is 12.1 Å². The zero-order valence-electron chi connectivity index (χ0n) is 23.7. The second-order valence-electron chi connectivity index (χ2n) is 10.8. The van der Waals surface area contributed by atoms with E-state index in [-0.39, 0.29) is 16.4 Å². The minimum atomic E-state index is -4.38. The Labute approximate surface area is 246 Å². The molecule has 0 aromatic heterocycles. The van der Waals surface area contributed by atoms with Crippen molar-refractivity contribution >= 4 is 20.2 Å². The van der Waals surface area contributed by atoms with Crippen molar-refractivity contribution in [2.24, 2.45) is 0 Å². The van der Waals surface area contributed by atoms with Crippen LogP contribution in [-0.4, -0.2) is 59.9 Å². The predicted octanol–water partition coefficient (Wildman–Crippen LogP) is 4.24. The average molecular weight is 619 g/mol. The summed E-state index contributed by atoms with van der Waals surface area (Å²) in [7, 11) is -8.65. The van der Waals surface area contributed by atoms with E-state index in [0.29, 0.717) is 0 Å². The highest BCUT2D eigenvalue weighted by Crippen LogP contribution is 2.41. The molecule has 1 unspecified atom stereocenters. The molecule has 42 heavy (non-hydrogen) atoms. The Balaban J connectivity index is 1.45. The Morgan fingerprint density at radius 3 is 1.95 bits per heavy atom. The van der Waals surface area contributed by atoms with Gasteiger partial charge in [0.1, 0.15) is 24.4 Å². The van der Waals surface area contributed by atoms with E-state index in [4.69, 9.17) is 27.3 Å². The minimum Gasteiger partial charge on any atom is -0.368 e. The van der Waals surface area contributed by atoms with Gasteiger partial charge in [-0.25, -0.2) is 0 Å². The van der Waals surface area contributed by atoms with Crippen molar-refractivity contribution in [3.8, 4) is 0 Å². The molecule has 10 nitrogen and oxygen atoms in total. The summed E-state index contributed by atoms with van der Waals surface area (Å²) < 4.78 is 88.3. The standard InChI is InChI=1S/C30H34O10S2/c1-20-10-14-23(15-11-20)41(31,32)36-19-25(40-42(33,34)24-16-12-21(2)13-17-24)26-27(35-18-22-8-6-5-7-9-22)28-29(37-26)39-30(3,4)38-28/h5-17,25-29H,18-19H2,1-4H3/t25-,26-,27?,28-,29-/m1/s1. The van der Waals surface area contributed by atoms with Crippen molar-refractivity contribution in [1.29, 1.82) is 0 Å². The van der Waals surface area contributed by atoms with E-state index in [1.165, 1.54) is 24.3 Å². The third-order valence-corrected chi connectivity index (χ3v) is 9.58. The Morgan fingerprint density at radius 1 is 0.786 bits per heavy atom. The molecule has 226 valence electrons. The lowest BCUT2D eigenvalue weighted by molar-refractivity contribution is -0.229. The number of hydrogen-bond acceptors (Lipinski definition) is 10. The van der Waals surface area contributed by atoms with Gasteiger partial charge in [-0.1, -0.05) is 65.7 Å². The summed E-state index contributed by atoms with van der Waals surface area (Å²) in [6.07, 6.45) is -5.12. The van der Waals surface area contributed by atoms with Crippen LogP contribution in [-0.2, 0) is 54.2 Å². The van der Waals surface area contributed by atoms with Gasteiger partial charge in [-0.3, -0.25) is 8.37 Å². The van der Waals surface area contributed by atoms with Crippen molar-refractivity contribution < 1.29 is 44.1 Å². The molecule has 0 radical (unpaired) electrons. The van der Waals surface area contributed by atoms with Crippen LogP contribution in [0.4, 0.5) is 0 Å². The molecule has 0 aliphatic carbocycles. The lowest BCUT2D eigenvalue weighted by Crippen LogP contribution is -2.46. The van der Waals surface area contributed by atoms with Gasteiger partial charge in [0, 0.05) is 0 Å². The number of ether oxygens (including phenoxy) is 4. The number of hydrogen-bond donors (Lipinski definition) is 0. The molecule has 0 N–H and O–H groups in total. The minimum absolute atomic E-state index is 0.0808. The SMILES string of the molecule is Cc1ccc(S(=O)(=O)OC[C@@H](OS(=O)(=O)c2ccc(C)cc2)[C@H]2O[C@@H]3OC(C)(C)O[C@@H]3C2OCc2ccccc2)cc1. The van der Waals surface area contributed by atoms with Gasteiger partial charge in [0.25, 0.3) is 20.2 Å². The van der Waals surface area contributed by atoms with E-state index < -0.39 is 63.3 Å². The zero-order valence-corrected chi connectivity index (χ0v) is 25.3. The van der Waals surface area contributed by atoms with Crippen LogP contribution >= 0.6 is 0 Å². The number of benzene rings is 3. The Morgan fingerprint density at radius 2 is 1.36 bits per heavy atom. The normalized spacial score (nSPS) is 24.4. The Kier molecular flexibility index (Phi) is 8.89. The quantitative estimate of drug-likeness (QED) is 0.288. The average Bonchev–Trinajstić information content (AvgIpc) is 3.42. The molecule has 2 aliphatic rings. The third kappa shape index (κ3) is 7.09. The maximum Gasteiger partial charge on any atom is 0.297 e. The molecule has 3 aromatic rings. The molecular formula is C30H34O10S2. The molecular weight excluding hydrogens is 584 g/mol. The third-order valence-electron chi connectivity index (χ3n) is 6.94. The van der Waals surface area contributed by atoms with Gasteiger partial charge in [-0.05, 0) is 57.5 Å². The fraction of sp³-hybridized carbons (Fsp3) is 0.400. The van der Waals surface area contributed by atoms with Crippen molar-refractivity contribution in [2.75, 3.05) is 6.61 Å². The van der Waals surface area contributed by atoms with Crippen molar-refractivity contribution in [2.45, 2.75) is 80.6 Å². The molecule has 0 amide bonds. The molecule has 0 spiro atoms. The fourth-order valence-corrected chi connectivity index (χ4v) is 6.78. The molecule has 3 aromatic carbocycles. The van der Waals surface area contributed by atoms with E-state index in [1.807, 2.05) is 44.2 Å². The highest BCUT2D eigenvalue weighted by Gasteiger charge is 2.58. The molecule has 2 saturated heterocycles. The summed E-state index contributed by atoms with van der Waals surface area (Å²) in [6, 6.07) is 21.6. The molecule has 2 aliphatic heterocycles. The van der Waals surface area contributed by atoms with Crippen LogP contribution in [0.5, 0.6) is 0 Å². The van der Waals surface area contributed by atoms with Crippen LogP contribution in [0.2, 0.25) is 0 Å². The topological polar surface area (TPSA) is 124 Å². The first-order valence-electron chi connectivity index (χ1n) is 13.5. The number of rotatable bonds is 11. The van der Waals surface area contributed by atoms with Crippen LogP contribution in [0.1, 0.15) is 30.5 Å². The van der Waals surface area contributed by atoms with Crippen molar-refractivity contribution in [3.05, 3.63) is 95.6 Å². The first-order chi connectivity index (χ1) is 19.8. The number of fused-ring (bicyclic) bond motifs is 1.